The molecule has 1 aromatic rings. The molecule has 0 N–H and O–H groups in total. The number of hydrogen-bond donors (Lipinski definition) is 0. The van der Waals surface area contributed by atoms with Crippen LogP contribution < -0.4 is 0 Å². The summed E-state index contributed by atoms with van der Waals surface area (Å²) in [5, 5.41) is 8.49. The third-order valence-electron chi connectivity index (χ3n) is 4.80. The Morgan fingerprint density at radius 3 is 2.86 bits per heavy atom. The molecule has 0 bridgehead atoms. The molecule has 120 valence electrons. The molecule has 1 aliphatic rings. The van der Waals surface area contributed by atoms with Crippen LogP contribution in [0.5, 0.6) is 0 Å². The van der Waals surface area contributed by atoms with Gasteiger partial charge in [0.1, 0.15) is 5.69 Å². The molecule has 0 radical (unpaired) electrons. The SMILES string of the molecule is CCC(C)(CC)n1cc(COC[C@H]2C[C@@H](C)CCO2)nn1. The van der Waals surface area contributed by atoms with Gasteiger partial charge in [0.2, 0.25) is 0 Å². The Morgan fingerprint density at radius 2 is 2.19 bits per heavy atom. The third kappa shape index (κ3) is 4.27. The van der Waals surface area contributed by atoms with Crippen molar-refractivity contribution in [2.75, 3.05) is 13.2 Å². The molecule has 0 amide bonds. The summed E-state index contributed by atoms with van der Waals surface area (Å²) < 4.78 is 13.5. The van der Waals surface area contributed by atoms with Crippen LogP contribution in [0.3, 0.4) is 0 Å². The van der Waals surface area contributed by atoms with Crippen molar-refractivity contribution in [3.8, 4) is 0 Å². The lowest BCUT2D eigenvalue weighted by Gasteiger charge is -2.27. The molecule has 21 heavy (non-hydrogen) atoms. The second-order valence-corrected chi connectivity index (χ2v) is 6.50. The standard InChI is InChI=1S/C16H29N3O2/c1-5-16(4,6-2)19-10-14(17-18-19)11-20-12-15-9-13(3)7-8-21-15/h10,13,15H,5-9,11-12H2,1-4H3/t13-,15+/m0/s1. The van der Waals surface area contributed by atoms with Gasteiger partial charge < -0.3 is 9.47 Å². The summed E-state index contributed by atoms with van der Waals surface area (Å²) in [6, 6.07) is 0. The van der Waals surface area contributed by atoms with Crippen molar-refractivity contribution >= 4 is 0 Å². The lowest BCUT2D eigenvalue weighted by atomic mass is 9.96. The number of aromatic nitrogens is 3. The lowest BCUT2D eigenvalue weighted by Crippen LogP contribution is -2.29. The molecule has 1 aromatic heterocycles. The van der Waals surface area contributed by atoms with Crippen molar-refractivity contribution in [3.63, 3.8) is 0 Å². The first kappa shape index (κ1) is 16.4. The van der Waals surface area contributed by atoms with E-state index in [1.165, 1.54) is 0 Å². The van der Waals surface area contributed by atoms with Crippen molar-refractivity contribution in [3.05, 3.63) is 11.9 Å². The topological polar surface area (TPSA) is 49.2 Å². The first-order valence-corrected chi connectivity index (χ1v) is 8.18. The summed E-state index contributed by atoms with van der Waals surface area (Å²) in [4.78, 5) is 0. The molecular weight excluding hydrogens is 266 g/mol. The first-order chi connectivity index (χ1) is 10.1. The second-order valence-electron chi connectivity index (χ2n) is 6.50. The summed E-state index contributed by atoms with van der Waals surface area (Å²) >= 11 is 0. The van der Waals surface area contributed by atoms with Crippen molar-refractivity contribution in [2.24, 2.45) is 5.92 Å². The Morgan fingerprint density at radius 1 is 1.43 bits per heavy atom. The van der Waals surface area contributed by atoms with E-state index in [1.54, 1.807) is 0 Å². The maximum absolute atomic E-state index is 5.76. The van der Waals surface area contributed by atoms with Crippen molar-refractivity contribution < 1.29 is 9.47 Å². The highest BCUT2D eigenvalue weighted by atomic mass is 16.5. The van der Waals surface area contributed by atoms with E-state index in [9.17, 15) is 0 Å². The second kappa shape index (κ2) is 7.36. The quantitative estimate of drug-likeness (QED) is 0.775. The molecule has 1 saturated heterocycles. The fourth-order valence-electron chi connectivity index (χ4n) is 2.68. The number of nitrogens with zero attached hydrogens (tertiary/aromatic N) is 3. The Bertz CT molecular complexity index is 429. The average Bonchev–Trinajstić information content (AvgIpc) is 2.96. The molecule has 5 heteroatoms. The van der Waals surface area contributed by atoms with Gasteiger partial charge >= 0.3 is 0 Å². The van der Waals surface area contributed by atoms with Crippen LogP contribution in [0.15, 0.2) is 6.20 Å². The van der Waals surface area contributed by atoms with Gasteiger partial charge in [-0.2, -0.15) is 0 Å². The average molecular weight is 295 g/mol. The molecule has 0 unspecified atom stereocenters. The maximum atomic E-state index is 5.76. The Balaban J connectivity index is 1.80. The van der Waals surface area contributed by atoms with E-state index in [0.29, 0.717) is 13.2 Å². The largest absolute Gasteiger partial charge is 0.376 e. The van der Waals surface area contributed by atoms with E-state index in [2.05, 4.69) is 38.0 Å². The van der Waals surface area contributed by atoms with Gasteiger partial charge in [0.25, 0.3) is 0 Å². The first-order valence-electron chi connectivity index (χ1n) is 8.18. The molecule has 2 heterocycles. The van der Waals surface area contributed by atoms with E-state index < -0.39 is 0 Å². The third-order valence-corrected chi connectivity index (χ3v) is 4.80. The van der Waals surface area contributed by atoms with Crippen molar-refractivity contribution in [2.45, 2.75) is 71.6 Å². The number of hydrogen-bond acceptors (Lipinski definition) is 4. The van der Waals surface area contributed by atoms with Gasteiger partial charge in [-0.05, 0) is 38.5 Å². The number of rotatable bonds is 7. The van der Waals surface area contributed by atoms with Gasteiger partial charge in [-0.3, -0.25) is 0 Å². The molecule has 0 aliphatic carbocycles. The Kier molecular flexibility index (Phi) is 5.76. The van der Waals surface area contributed by atoms with Crippen molar-refractivity contribution in [1.82, 2.24) is 15.0 Å². The van der Waals surface area contributed by atoms with Crippen LogP contribution in [-0.4, -0.2) is 34.3 Å². The molecule has 0 spiro atoms. The molecule has 2 rings (SSSR count). The van der Waals surface area contributed by atoms with Crippen LogP contribution in [0, 0.1) is 5.92 Å². The van der Waals surface area contributed by atoms with Crippen LogP contribution in [0.2, 0.25) is 0 Å². The fourth-order valence-corrected chi connectivity index (χ4v) is 2.68. The van der Waals surface area contributed by atoms with Crippen LogP contribution in [0.25, 0.3) is 0 Å². The van der Waals surface area contributed by atoms with Gasteiger partial charge in [0, 0.05) is 6.61 Å². The summed E-state index contributed by atoms with van der Waals surface area (Å²) in [5.41, 5.74) is 0.944. The molecular formula is C16H29N3O2. The molecule has 1 fully saturated rings. The Labute approximate surface area is 128 Å². The van der Waals surface area contributed by atoms with Gasteiger partial charge in [-0.15, -0.1) is 5.10 Å². The zero-order chi connectivity index (χ0) is 15.3. The summed E-state index contributed by atoms with van der Waals surface area (Å²) in [6.45, 7) is 10.9. The van der Waals surface area contributed by atoms with E-state index >= 15 is 0 Å². The van der Waals surface area contributed by atoms with E-state index in [0.717, 1.165) is 43.9 Å². The predicted molar refractivity (Wildman–Crippen MR) is 82.0 cm³/mol. The van der Waals surface area contributed by atoms with Gasteiger partial charge in [0.05, 0.1) is 31.1 Å². The molecule has 5 nitrogen and oxygen atoms in total. The minimum absolute atomic E-state index is 0.0488. The molecule has 0 saturated carbocycles. The highest BCUT2D eigenvalue weighted by Crippen LogP contribution is 2.23. The molecule has 0 aromatic carbocycles. The highest BCUT2D eigenvalue weighted by molar-refractivity contribution is 4.94. The summed E-state index contributed by atoms with van der Waals surface area (Å²) in [6.07, 6.45) is 6.59. The zero-order valence-corrected chi connectivity index (χ0v) is 13.8. The maximum Gasteiger partial charge on any atom is 0.108 e. The Hall–Kier alpha value is -0.940. The van der Waals surface area contributed by atoms with E-state index in [-0.39, 0.29) is 11.6 Å². The fraction of sp³-hybridized carbons (Fsp3) is 0.875. The minimum Gasteiger partial charge on any atom is -0.376 e. The smallest absolute Gasteiger partial charge is 0.108 e. The minimum atomic E-state index is 0.0488. The monoisotopic (exact) mass is 295 g/mol. The van der Waals surface area contributed by atoms with Crippen LogP contribution in [-0.2, 0) is 21.6 Å². The summed E-state index contributed by atoms with van der Waals surface area (Å²) in [7, 11) is 0. The molecule has 1 aliphatic heterocycles. The van der Waals surface area contributed by atoms with Crippen molar-refractivity contribution in [1.29, 1.82) is 0 Å². The van der Waals surface area contributed by atoms with E-state index in [1.807, 2.05) is 10.9 Å². The summed E-state index contributed by atoms with van der Waals surface area (Å²) in [5.74, 6) is 0.739. The van der Waals surface area contributed by atoms with Gasteiger partial charge in [0.15, 0.2) is 0 Å². The predicted octanol–water partition coefficient (Wildman–Crippen LogP) is 3.15. The van der Waals surface area contributed by atoms with Crippen LogP contribution in [0.1, 0.15) is 59.1 Å². The highest BCUT2D eigenvalue weighted by Gasteiger charge is 2.24. The lowest BCUT2D eigenvalue weighted by molar-refractivity contribution is -0.0586. The van der Waals surface area contributed by atoms with Gasteiger partial charge in [-0.25, -0.2) is 4.68 Å². The van der Waals surface area contributed by atoms with E-state index in [4.69, 9.17) is 9.47 Å². The zero-order valence-electron chi connectivity index (χ0n) is 13.8. The van der Waals surface area contributed by atoms with Crippen LogP contribution in [0.4, 0.5) is 0 Å². The number of ether oxygens (including phenoxy) is 2. The van der Waals surface area contributed by atoms with Crippen LogP contribution >= 0.6 is 0 Å². The van der Waals surface area contributed by atoms with Gasteiger partial charge in [-0.1, -0.05) is 26.0 Å². The molecule has 2 atom stereocenters. The normalized spacial score (nSPS) is 23.4.